The van der Waals surface area contributed by atoms with Gasteiger partial charge in [-0.3, -0.25) is 9.59 Å². The summed E-state index contributed by atoms with van der Waals surface area (Å²) in [5.74, 6) is -0.780. The Morgan fingerprint density at radius 1 is 1.30 bits per heavy atom. The molecule has 0 unspecified atom stereocenters. The van der Waals surface area contributed by atoms with Crippen LogP contribution in [0, 0.1) is 0 Å². The number of fused-ring (bicyclic) bond motifs is 1. The lowest BCUT2D eigenvalue weighted by molar-refractivity contribution is -0.137. The van der Waals surface area contributed by atoms with Gasteiger partial charge in [-0.1, -0.05) is 31.0 Å². The Bertz CT molecular complexity index is 771. The van der Waals surface area contributed by atoms with Gasteiger partial charge in [0.2, 0.25) is 5.91 Å². The summed E-state index contributed by atoms with van der Waals surface area (Å²) in [5, 5.41) is 2.47. The van der Waals surface area contributed by atoms with Crippen molar-refractivity contribution in [2.45, 2.75) is 56.1 Å². The van der Waals surface area contributed by atoms with E-state index in [0.717, 1.165) is 49.6 Å². The van der Waals surface area contributed by atoms with Gasteiger partial charge in [-0.25, -0.2) is 0 Å². The number of hydrogen-bond donors (Lipinski definition) is 1. The standard InChI is InChI=1S/C19H21F3N2O2S/c1-2-24(13-6-4-3-5-7-13)17(25)11-16-18(26)23-14-10-12(19(20,21)22)8-9-15(14)27-16/h8-11,13H,2-7H2,1H3,(H,23,26)/b16-11+. The number of carbonyl (C=O) groups is 2. The largest absolute Gasteiger partial charge is 0.416 e. The van der Waals surface area contributed by atoms with Crippen molar-refractivity contribution in [1.82, 2.24) is 4.90 Å². The maximum atomic E-state index is 12.8. The lowest BCUT2D eigenvalue weighted by atomic mass is 9.94. The minimum atomic E-state index is -4.47. The average molecular weight is 398 g/mol. The predicted molar refractivity (Wildman–Crippen MR) is 98.3 cm³/mol. The first-order valence-electron chi connectivity index (χ1n) is 9.02. The molecule has 1 aromatic carbocycles. The molecule has 3 rings (SSSR count). The van der Waals surface area contributed by atoms with Crippen molar-refractivity contribution in [1.29, 1.82) is 0 Å². The van der Waals surface area contributed by atoms with E-state index in [1.54, 1.807) is 4.90 Å². The summed E-state index contributed by atoms with van der Waals surface area (Å²) in [6, 6.07) is 3.40. The molecule has 1 heterocycles. The molecular formula is C19H21F3N2O2S. The van der Waals surface area contributed by atoms with E-state index >= 15 is 0 Å². The molecule has 0 saturated heterocycles. The fourth-order valence-electron chi connectivity index (χ4n) is 3.52. The van der Waals surface area contributed by atoms with Crippen LogP contribution in [0.1, 0.15) is 44.6 Å². The van der Waals surface area contributed by atoms with Crippen LogP contribution in [0.15, 0.2) is 34.1 Å². The van der Waals surface area contributed by atoms with Crippen LogP contribution in [0.2, 0.25) is 0 Å². The van der Waals surface area contributed by atoms with E-state index in [2.05, 4.69) is 5.32 Å². The second-order valence-electron chi connectivity index (χ2n) is 6.69. The highest BCUT2D eigenvalue weighted by molar-refractivity contribution is 8.04. The van der Waals surface area contributed by atoms with Crippen molar-refractivity contribution in [3.63, 3.8) is 0 Å². The van der Waals surface area contributed by atoms with Gasteiger partial charge in [-0.05, 0) is 38.0 Å². The number of rotatable bonds is 3. The molecule has 4 nitrogen and oxygen atoms in total. The van der Waals surface area contributed by atoms with Gasteiger partial charge in [0.15, 0.2) is 0 Å². The molecular weight excluding hydrogens is 377 g/mol. The van der Waals surface area contributed by atoms with E-state index in [9.17, 15) is 22.8 Å². The highest BCUT2D eigenvalue weighted by Crippen LogP contribution is 2.41. The Hall–Kier alpha value is -1.96. The zero-order valence-corrected chi connectivity index (χ0v) is 15.8. The number of anilines is 1. The molecule has 0 atom stereocenters. The van der Waals surface area contributed by atoms with Crippen molar-refractivity contribution in [2.24, 2.45) is 0 Å². The quantitative estimate of drug-likeness (QED) is 0.743. The molecule has 0 aromatic heterocycles. The molecule has 0 bridgehead atoms. The molecule has 1 N–H and O–H groups in total. The number of likely N-dealkylation sites (N-methyl/N-ethyl adjacent to an activating group) is 1. The van der Waals surface area contributed by atoms with Crippen LogP contribution in [0.5, 0.6) is 0 Å². The summed E-state index contributed by atoms with van der Waals surface area (Å²) < 4.78 is 38.5. The van der Waals surface area contributed by atoms with Gasteiger partial charge in [0.05, 0.1) is 16.2 Å². The first-order valence-corrected chi connectivity index (χ1v) is 9.84. The Morgan fingerprint density at radius 2 is 2.00 bits per heavy atom. The van der Waals surface area contributed by atoms with Gasteiger partial charge in [0, 0.05) is 23.6 Å². The van der Waals surface area contributed by atoms with Crippen LogP contribution in [-0.4, -0.2) is 29.3 Å². The van der Waals surface area contributed by atoms with Crippen molar-refractivity contribution in [3.05, 3.63) is 34.7 Å². The van der Waals surface area contributed by atoms with E-state index in [0.29, 0.717) is 11.4 Å². The number of amides is 2. The monoisotopic (exact) mass is 398 g/mol. The average Bonchev–Trinajstić information content (AvgIpc) is 2.62. The van der Waals surface area contributed by atoms with E-state index in [1.807, 2.05) is 6.92 Å². The fourth-order valence-corrected chi connectivity index (χ4v) is 4.41. The summed E-state index contributed by atoms with van der Waals surface area (Å²) in [6.45, 7) is 2.47. The Morgan fingerprint density at radius 3 is 2.63 bits per heavy atom. The molecule has 2 amide bonds. The number of halogens is 3. The summed E-state index contributed by atoms with van der Waals surface area (Å²) in [4.78, 5) is 27.4. The molecule has 1 aliphatic carbocycles. The summed E-state index contributed by atoms with van der Waals surface area (Å²) in [7, 11) is 0. The molecule has 1 saturated carbocycles. The predicted octanol–water partition coefficient (Wildman–Crippen LogP) is 4.81. The Balaban J connectivity index is 1.79. The molecule has 2 aliphatic rings. The number of thioether (sulfide) groups is 1. The van der Waals surface area contributed by atoms with Gasteiger partial charge in [0.1, 0.15) is 0 Å². The minimum absolute atomic E-state index is 0.115. The molecule has 146 valence electrons. The van der Waals surface area contributed by atoms with Gasteiger partial charge in [-0.2, -0.15) is 13.2 Å². The fraction of sp³-hybridized carbons (Fsp3) is 0.474. The summed E-state index contributed by atoms with van der Waals surface area (Å²) in [6.07, 6.45) is 2.12. The zero-order chi connectivity index (χ0) is 19.6. The topological polar surface area (TPSA) is 49.4 Å². The van der Waals surface area contributed by atoms with E-state index in [1.165, 1.54) is 18.6 Å². The molecule has 1 fully saturated rings. The highest BCUT2D eigenvalue weighted by atomic mass is 32.2. The van der Waals surface area contributed by atoms with Crippen molar-refractivity contribution >= 4 is 29.3 Å². The molecule has 8 heteroatoms. The first-order chi connectivity index (χ1) is 12.8. The number of nitrogens with zero attached hydrogens (tertiary/aromatic N) is 1. The number of carbonyl (C=O) groups excluding carboxylic acids is 2. The Kier molecular flexibility index (Phi) is 5.83. The van der Waals surface area contributed by atoms with Gasteiger partial charge in [-0.15, -0.1) is 0 Å². The maximum Gasteiger partial charge on any atom is 0.416 e. The smallest absolute Gasteiger partial charge is 0.336 e. The van der Waals surface area contributed by atoms with Crippen LogP contribution in [-0.2, 0) is 15.8 Å². The Labute approximate surface area is 160 Å². The molecule has 0 radical (unpaired) electrons. The van der Waals surface area contributed by atoms with Crippen molar-refractivity contribution in [3.8, 4) is 0 Å². The molecule has 0 spiro atoms. The molecule has 1 aliphatic heterocycles. The van der Waals surface area contributed by atoms with Crippen LogP contribution in [0.4, 0.5) is 18.9 Å². The van der Waals surface area contributed by atoms with Crippen LogP contribution in [0.25, 0.3) is 0 Å². The van der Waals surface area contributed by atoms with Crippen LogP contribution in [0.3, 0.4) is 0 Å². The maximum absolute atomic E-state index is 12.8. The molecule has 27 heavy (non-hydrogen) atoms. The summed E-state index contributed by atoms with van der Waals surface area (Å²) >= 11 is 1.02. The lowest BCUT2D eigenvalue weighted by Gasteiger charge is -2.33. The number of hydrogen-bond acceptors (Lipinski definition) is 3. The number of benzene rings is 1. The van der Waals surface area contributed by atoms with Crippen LogP contribution < -0.4 is 5.32 Å². The second kappa shape index (κ2) is 7.96. The van der Waals surface area contributed by atoms with Gasteiger partial charge >= 0.3 is 6.18 Å². The highest BCUT2D eigenvalue weighted by Gasteiger charge is 2.33. The van der Waals surface area contributed by atoms with Crippen molar-refractivity contribution in [2.75, 3.05) is 11.9 Å². The van der Waals surface area contributed by atoms with E-state index < -0.39 is 17.6 Å². The first kappa shape index (κ1) is 19.8. The third-order valence-electron chi connectivity index (χ3n) is 4.89. The van der Waals surface area contributed by atoms with Gasteiger partial charge in [0.25, 0.3) is 5.91 Å². The summed E-state index contributed by atoms with van der Waals surface area (Å²) in [5.41, 5.74) is -0.704. The lowest BCUT2D eigenvalue weighted by Crippen LogP contribution is -2.40. The van der Waals surface area contributed by atoms with Crippen molar-refractivity contribution < 1.29 is 22.8 Å². The zero-order valence-electron chi connectivity index (χ0n) is 14.9. The SMILES string of the molecule is CCN(C(=O)/C=C1/Sc2ccc(C(F)(F)F)cc2NC1=O)C1CCCCC1. The van der Waals surface area contributed by atoms with Crippen LogP contribution >= 0.6 is 11.8 Å². The number of nitrogens with one attached hydrogen (secondary N) is 1. The molecule has 1 aromatic rings. The normalized spacial score (nSPS) is 19.6. The minimum Gasteiger partial charge on any atom is -0.336 e. The van der Waals surface area contributed by atoms with E-state index in [-0.39, 0.29) is 22.5 Å². The third-order valence-corrected chi connectivity index (χ3v) is 5.99. The third kappa shape index (κ3) is 4.48. The number of alkyl halides is 3. The second-order valence-corrected chi connectivity index (χ2v) is 7.77. The van der Waals surface area contributed by atoms with E-state index in [4.69, 9.17) is 0 Å². The van der Waals surface area contributed by atoms with Gasteiger partial charge < -0.3 is 10.2 Å².